The predicted molar refractivity (Wildman–Crippen MR) is 90.8 cm³/mol. The van der Waals surface area contributed by atoms with E-state index in [0.717, 1.165) is 15.9 Å². The first-order valence-electron chi connectivity index (χ1n) is 6.88. The van der Waals surface area contributed by atoms with E-state index in [4.69, 9.17) is 0 Å². The summed E-state index contributed by atoms with van der Waals surface area (Å²) in [5.41, 5.74) is -2.21. The average molecular weight is 395 g/mol. The third kappa shape index (κ3) is 3.21. The summed E-state index contributed by atoms with van der Waals surface area (Å²) in [6.45, 7) is 0. The molecule has 0 bridgehead atoms. The molecule has 0 amide bonds. The van der Waals surface area contributed by atoms with Gasteiger partial charge in [0.15, 0.2) is 0 Å². The molecule has 0 atom stereocenters. The van der Waals surface area contributed by atoms with Crippen LogP contribution >= 0.6 is 5.51 Å². The minimum atomic E-state index is -2.21. The second-order valence-corrected chi connectivity index (χ2v) is 11.3. The molecule has 0 N–H and O–H groups in total. The van der Waals surface area contributed by atoms with Gasteiger partial charge in [-0.25, -0.2) is 0 Å². The zero-order valence-corrected chi connectivity index (χ0v) is 14.5. The molecule has 3 aromatic carbocycles. The minimum absolute atomic E-state index is 0.321. The number of hydrogen-bond donors (Lipinski definition) is 0. The first-order valence-corrected chi connectivity index (χ1v) is 10.9. The van der Waals surface area contributed by atoms with E-state index in [1.165, 1.54) is 36.4 Å². The van der Waals surface area contributed by atoms with Crippen LogP contribution in [0.25, 0.3) is 0 Å². The fourth-order valence-corrected chi connectivity index (χ4v) is 7.30. The molecule has 0 heterocycles. The quantitative estimate of drug-likeness (QED) is 0.471. The molecule has 116 valence electrons. The summed E-state index contributed by atoms with van der Waals surface area (Å²) in [5.74, 6) is -0.962. The van der Waals surface area contributed by atoms with Crippen LogP contribution < -0.4 is 15.9 Å². The van der Waals surface area contributed by atoms with Gasteiger partial charge in [0.1, 0.15) is 0 Å². The van der Waals surface area contributed by atoms with E-state index < -0.39 is 5.51 Å². The molecule has 0 nitrogen and oxygen atoms in total. The van der Waals surface area contributed by atoms with Crippen LogP contribution in [0.15, 0.2) is 72.8 Å². The fourth-order valence-electron chi connectivity index (χ4n) is 2.40. The van der Waals surface area contributed by atoms with E-state index in [9.17, 15) is 13.2 Å². The van der Waals surface area contributed by atoms with Gasteiger partial charge >= 0.3 is 140 Å². The van der Waals surface area contributed by atoms with Crippen molar-refractivity contribution in [1.29, 1.82) is 0 Å². The van der Waals surface area contributed by atoms with Crippen LogP contribution in [0.5, 0.6) is 0 Å². The Morgan fingerprint density at radius 3 is 0.913 bits per heavy atom. The van der Waals surface area contributed by atoms with Crippen LogP contribution in [-0.2, 0) is 0 Å². The van der Waals surface area contributed by atoms with Crippen molar-refractivity contribution in [3.8, 4) is 0 Å². The van der Waals surface area contributed by atoms with Crippen LogP contribution in [0, 0.1) is 17.5 Å². The molecule has 0 spiro atoms. The predicted octanol–water partition coefficient (Wildman–Crippen LogP) is 3.48. The molecular formula is C18H12F3PSe. The topological polar surface area (TPSA) is 0 Å². The van der Waals surface area contributed by atoms with Gasteiger partial charge in [-0.05, 0) is 0 Å². The summed E-state index contributed by atoms with van der Waals surface area (Å²) in [7, 11) is 0. The Kier molecular flexibility index (Phi) is 4.59. The Balaban J connectivity index is 2.24. The normalized spacial score (nSPS) is 11.4. The Hall–Kier alpha value is -1.60. The van der Waals surface area contributed by atoms with E-state index in [0.29, 0.717) is 0 Å². The molecule has 0 radical (unpaired) electrons. The van der Waals surface area contributed by atoms with Crippen LogP contribution in [0.1, 0.15) is 0 Å². The summed E-state index contributed by atoms with van der Waals surface area (Å²) in [6, 6.07) is 18.7. The molecule has 0 aromatic heterocycles. The van der Waals surface area contributed by atoms with Crippen LogP contribution in [0.4, 0.5) is 13.2 Å². The zero-order valence-electron chi connectivity index (χ0n) is 11.9. The van der Waals surface area contributed by atoms with Gasteiger partial charge in [-0.2, -0.15) is 0 Å². The number of hydrogen-bond acceptors (Lipinski definition) is 0. The van der Waals surface area contributed by atoms with Crippen molar-refractivity contribution in [3.05, 3.63) is 90.2 Å². The first kappa shape index (κ1) is 16.3. The van der Waals surface area contributed by atoms with Crippen molar-refractivity contribution in [3.63, 3.8) is 0 Å². The molecule has 0 saturated heterocycles. The molecule has 0 aliphatic heterocycles. The zero-order chi connectivity index (χ0) is 16.4. The van der Waals surface area contributed by atoms with Crippen molar-refractivity contribution in [2.24, 2.45) is 0 Å². The Labute approximate surface area is 140 Å². The van der Waals surface area contributed by atoms with Gasteiger partial charge in [0.05, 0.1) is 0 Å². The molecule has 0 saturated carbocycles. The Bertz CT molecular complexity index is 739. The van der Waals surface area contributed by atoms with Crippen LogP contribution in [-0.4, -0.2) is 15.1 Å². The second kappa shape index (κ2) is 6.49. The summed E-state index contributed by atoms with van der Waals surface area (Å²) < 4.78 is 39.9. The van der Waals surface area contributed by atoms with Gasteiger partial charge in [-0.3, -0.25) is 0 Å². The van der Waals surface area contributed by atoms with E-state index in [-0.39, 0.29) is 17.5 Å². The Morgan fingerprint density at radius 2 is 0.696 bits per heavy atom. The van der Waals surface area contributed by atoms with Crippen LogP contribution in [0.3, 0.4) is 0 Å². The van der Waals surface area contributed by atoms with Gasteiger partial charge in [0.2, 0.25) is 0 Å². The monoisotopic (exact) mass is 396 g/mol. The molecule has 0 unspecified atom stereocenters. The van der Waals surface area contributed by atoms with E-state index in [2.05, 4.69) is 15.1 Å². The number of benzene rings is 3. The molecule has 3 aromatic rings. The summed E-state index contributed by atoms with van der Waals surface area (Å²) >= 11 is 3.24. The third-order valence-electron chi connectivity index (χ3n) is 3.57. The van der Waals surface area contributed by atoms with Crippen LogP contribution in [0.2, 0.25) is 0 Å². The third-order valence-corrected chi connectivity index (χ3v) is 10.6. The van der Waals surface area contributed by atoms with E-state index in [1.807, 2.05) is 0 Å². The Morgan fingerprint density at radius 1 is 0.478 bits per heavy atom. The van der Waals surface area contributed by atoms with Gasteiger partial charge in [0.25, 0.3) is 0 Å². The van der Waals surface area contributed by atoms with Crippen molar-refractivity contribution < 1.29 is 13.2 Å². The summed E-state index contributed by atoms with van der Waals surface area (Å²) in [6.07, 6.45) is 0. The van der Waals surface area contributed by atoms with Gasteiger partial charge < -0.3 is 0 Å². The second-order valence-electron chi connectivity index (χ2n) is 5.04. The molecule has 0 aliphatic rings. The van der Waals surface area contributed by atoms with E-state index in [1.54, 1.807) is 36.4 Å². The van der Waals surface area contributed by atoms with Crippen molar-refractivity contribution >= 4 is 36.5 Å². The average Bonchev–Trinajstić information content (AvgIpc) is 2.56. The molecule has 23 heavy (non-hydrogen) atoms. The maximum atomic E-state index is 13.3. The van der Waals surface area contributed by atoms with Crippen molar-refractivity contribution in [2.45, 2.75) is 0 Å². The standard InChI is InChI=1S/C18H12F3PSe/c19-13-1-7-16(8-2-13)22(23,17-9-3-14(20)4-10-17)18-11-5-15(21)6-12-18/h1-12H. The van der Waals surface area contributed by atoms with Crippen molar-refractivity contribution in [2.75, 3.05) is 0 Å². The first-order chi connectivity index (χ1) is 11.0. The van der Waals surface area contributed by atoms with E-state index >= 15 is 0 Å². The van der Waals surface area contributed by atoms with Gasteiger partial charge in [-0.15, -0.1) is 0 Å². The van der Waals surface area contributed by atoms with Crippen molar-refractivity contribution in [1.82, 2.24) is 0 Å². The maximum absolute atomic E-state index is 13.3. The number of halogens is 3. The summed E-state index contributed by atoms with van der Waals surface area (Å²) in [4.78, 5) is 0. The summed E-state index contributed by atoms with van der Waals surface area (Å²) in [5, 5.41) is 2.70. The fraction of sp³-hybridized carbons (Fsp3) is 0. The molecule has 5 heteroatoms. The SMILES string of the molecule is Fc1ccc(P(=[Se])(c2ccc(F)cc2)c2ccc(F)cc2)cc1. The molecule has 0 aliphatic carbocycles. The van der Waals surface area contributed by atoms with Gasteiger partial charge in [0, 0.05) is 0 Å². The molecule has 3 rings (SSSR count). The molecule has 0 fully saturated rings. The number of rotatable bonds is 3. The molecular weight excluding hydrogens is 383 g/mol. The van der Waals surface area contributed by atoms with Gasteiger partial charge in [-0.1, -0.05) is 0 Å².